The van der Waals surface area contributed by atoms with Crippen LogP contribution in [0.15, 0.2) is 23.2 Å². The summed E-state index contributed by atoms with van der Waals surface area (Å²) in [4.78, 5) is 18.0. The van der Waals surface area contributed by atoms with Gasteiger partial charge in [-0.3, -0.25) is 4.90 Å². The topological polar surface area (TPSA) is 88.2 Å². The Labute approximate surface area is 156 Å². The van der Waals surface area contributed by atoms with E-state index in [0.717, 1.165) is 0 Å². The van der Waals surface area contributed by atoms with Gasteiger partial charge in [-0.15, -0.1) is 0 Å². The van der Waals surface area contributed by atoms with Crippen LogP contribution in [0.2, 0.25) is 0 Å². The van der Waals surface area contributed by atoms with Crippen LogP contribution in [-0.2, 0) is 10.3 Å². The Morgan fingerprint density at radius 3 is 2.88 bits per heavy atom. The van der Waals surface area contributed by atoms with Crippen LogP contribution in [0, 0.1) is 11.7 Å². The number of amides is 1. The number of hydrogen-bond donors (Lipinski definition) is 2. The lowest BCUT2D eigenvalue weighted by Crippen LogP contribution is -2.53. The smallest absolute Gasteiger partial charge is 0.413 e. The van der Waals surface area contributed by atoms with Gasteiger partial charge in [-0.05, 0) is 39.0 Å². The molecular weight excluding hydrogens is 357 g/mol. The standard InChI is InChI=1S/C18H24FN3O3S/c1-17(2,3)22(16(23)24)15-21-18(6-7-25-9-11(18)10-26-15)13-8-12(20)4-5-14(13)19/h4-5,8,11H,6-7,9-10,20H2,1-3H3,(H,23,24)/t11-,18+/m0/s1. The molecule has 8 heteroatoms. The van der Waals surface area contributed by atoms with Crippen molar-refractivity contribution in [1.82, 2.24) is 4.90 Å². The monoisotopic (exact) mass is 381 g/mol. The van der Waals surface area contributed by atoms with Gasteiger partial charge in [0.25, 0.3) is 0 Å². The van der Waals surface area contributed by atoms with Gasteiger partial charge in [-0.25, -0.2) is 14.2 Å². The molecule has 0 saturated carbocycles. The van der Waals surface area contributed by atoms with Crippen molar-refractivity contribution in [2.75, 3.05) is 24.7 Å². The van der Waals surface area contributed by atoms with Crippen LogP contribution >= 0.6 is 11.8 Å². The number of nitrogens with two attached hydrogens (primary N) is 1. The maximum Gasteiger partial charge on any atom is 0.413 e. The number of amidine groups is 1. The van der Waals surface area contributed by atoms with Gasteiger partial charge in [-0.1, -0.05) is 11.8 Å². The molecule has 2 aliphatic heterocycles. The average molecular weight is 381 g/mol. The predicted octanol–water partition coefficient (Wildman–Crippen LogP) is 3.52. The van der Waals surface area contributed by atoms with E-state index in [1.165, 1.54) is 28.8 Å². The Hall–Kier alpha value is -1.80. The lowest BCUT2D eigenvalue weighted by atomic mass is 9.75. The van der Waals surface area contributed by atoms with Gasteiger partial charge >= 0.3 is 6.09 Å². The maximum atomic E-state index is 14.7. The van der Waals surface area contributed by atoms with Crippen molar-refractivity contribution in [2.45, 2.75) is 38.3 Å². The number of anilines is 1. The van der Waals surface area contributed by atoms with E-state index in [-0.39, 0.29) is 11.7 Å². The molecule has 0 radical (unpaired) electrons. The van der Waals surface area contributed by atoms with Crippen LogP contribution in [0.25, 0.3) is 0 Å². The zero-order chi connectivity index (χ0) is 19.1. The van der Waals surface area contributed by atoms with Crippen molar-refractivity contribution >= 4 is 28.7 Å². The first-order chi connectivity index (χ1) is 12.1. The third-order valence-electron chi connectivity index (χ3n) is 4.84. The highest BCUT2D eigenvalue weighted by atomic mass is 32.2. The minimum absolute atomic E-state index is 0.0445. The molecule has 0 spiro atoms. The molecule has 2 atom stereocenters. The number of rotatable bonds is 1. The molecule has 3 N–H and O–H groups in total. The molecule has 26 heavy (non-hydrogen) atoms. The van der Waals surface area contributed by atoms with E-state index in [0.29, 0.717) is 41.8 Å². The normalized spacial score (nSPS) is 26.0. The fourth-order valence-corrected chi connectivity index (χ4v) is 5.00. The molecule has 0 bridgehead atoms. The fraction of sp³-hybridized carbons (Fsp3) is 0.556. The number of carboxylic acid groups (broad SMARTS) is 1. The quantitative estimate of drug-likeness (QED) is 0.727. The predicted molar refractivity (Wildman–Crippen MR) is 101 cm³/mol. The summed E-state index contributed by atoms with van der Waals surface area (Å²) in [6.45, 7) is 6.34. The molecule has 1 aromatic carbocycles. The summed E-state index contributed by atoms with van der Waals surface area (Å²) >= 11 is 1.38. The SMILES string of the molecule is CC(C)(C)N(C(=O)O)C1=N[C@]2(c3cc(N)ccc3F)CCOC[C@H]2CS1. The van der Waals surface area contributed by atoms with E-state index in [2.05, 4.69) is 0 Å². The van der Waals surface area contributed by atoms with Crippen LogP contribution < -0.4 is 5.73 Å². The first kappa shape index (κ1) is 19.0. The molecule has 2 heterocycles. The first-order valence-corrected chi connectivity index (χ1v) is 9.53. The first-order valence-electron chi connectivity index (χ1n) is 8.54. The number of nitrogens with zero attached hydrogens (tertiary/aromatic N) is 2. The molecule has 0 aromatic heterocycles. The summed E-state index contributed by atoms with van der Waals surface area (Å²) in [6.07, 6.45) is -0.586. The van der Waals surface area contributed by atoms with Crippen LogP contribution in [0.1, 0.15) is 32.8 Å². The minimum Gasteiger partial charge on any atom is -0.465 e. The van der Waals surface area contributed by atoms with Gasteiger partial charge in [0, 0.05) is 41.5 Å². The number of halogens is 1. The van der Waals surface area contributed by atoms with Gasteiger partial charge < -0.3 is 15.6 Å². The lowest BCUT2D eigenvalue weighted by molar-refractivity contribution is 0.00810. The van der Waals surface area contributed by atoms with Crippen LogP contribution in [0.5, 0.6) is 0 Å². The van der Waals surface area contributed by atoms with E-state index >= 15 is 0 Å². The molecule has 3 rings (SSSR count). The Morgan fingerprint density at radius 1 is 1.50 bits per heavy atom. The van der Waals surface area contributed by atoms with Crippen molar-refractivity contribution in [2.24, 2.45) is 10.9 Å². The number of thioether (sulfide) groups is 1. The molecule has 1 saturated heterocycles. The molecule has 6 nitrogen and oxygen atoms in total. The number of carbonyl (C=O) groups is 1. The molecule has 1 amide bonds. The highest BCUT2D eigenvalue weighted by Gasteiger charge is 2.49. The maximum absolute atomic E-state index is 14.7. The molecule has 0 unspecified atom stereocenters. The van der Waals surface area contributed by atoms with Crippen molar-refractivity contribution in [3.05, 3.63) is 29.6 Å². The summed E-state index contributed by atoms with van der Waals surface area (Å²) in [5, 5.41) is 10.1. The number of benzene rings is 1. The van der Waals surface area contributed by atoms with Crippen molar-refractivity contribution in [3.8, 4) is 0 Å². The third kappa shape index (κ3) is 3.27. The summed E-state index contributed by atoms with van der Waals surface area (Å²) in [6, 6.07) is 4.49. The molecule has 1 fully saturated rings. The second-order valence-corrected chi connectivity index (χ2v) is 8.67. The lowest BCUT2D eigenvalue weighted by Gasteiger charge is -2.46. The molecule has 2 aliphatic rings. The van der Waals surface area contributed by atoms with E-state index in [1.54, 1.807) is 6.07 Å². The summed E-state index contributed by atoms with van der Waals surface area (Å²) in [5.74, 6) is 0.183. The van der Waals surface area contributed by atoms with Gasteiger partial charge in [0.05, 0.1) is 12.1 Å². The Bertz CT molecular complexity index is 750. The highest BCUT2D eigenvalue weighted by molar-refractivity contribution is 8.13. The van der Waals surface area contributed by atoms with Crippen molar-refractivity contribution < 1.29 is 19.0 Å². The third-order valence-corrected chi connectivity index (χ3v) is 5.94. The fourth-order valence-electron chi connectivity index (χ4n) is 3.57. The Balaban J connectivity index is 2.17. The van der Waals surface area contributed by atoms with E-state index in [9.17, 15) is 14.3 Å². The van der Waals surface area contributed by atoms with Crippen LogP contribution in [0.4, 0.5) is 14.9 Å². The van der Waals surface area contributed by atoms with Gasteiger partial charge in [0.1, 0.15) is 5.82 Å². The average Bonchev–Trinajstić information content (AvgIpc) is 2.55. The van der Waals surface area contributed by atoms with Gasteiger partial charge in [-0.2, -0.15) is 0 Å². The largest absolute Gasteiger partial charge is 0.465 e. The summed E-state index contributed by atoms with van der Waals surface area (Å²) in [7, 11) is 0. The Kier molecular flexibility index (Phi) is 4.92. The van der Waals surface area contributed by atoms with E-state index in [4.69, 9.17) is 15.5 Å². The highest BCUT2D eigenvalue weighted by Crippen LogP contribution is 2.47. The summed E-state index contributed by atoms with van der Waals surface area (Å²) in [5.41, 5.74) is 5.26. The second-order valence-electron chi connectivity index (χ2n) is 7.68. The number of ether oxygens (including phenoxy) is 1. The number of nitrogen functional groups attached to an aromatic ring is 1. The van der Waals surface area contributed by atoms with Crippen LogP contribution in [-0.4, -0.2) is 45.8 Å². The zero-order valence-electron chi connectivity index (χ0n) is 15.2. The second kappa shape index (κ2) is 6.74. The number of fused-ring (bicyclic) bond motifs is 1. The van der Waals surface area contributed by atoms with Gasteiger partial charge in [0.15, 0.2) is 5.17 Å². The zero-order valence-corrected chi connectivity index (χ0v) is 16.0. The van der Waals surface area contributed by atoms with Gasteiger partial charge in [0.2, 0.25) is 0 Å². The molecule has 0 aliphatic carbocycles. The molecule has 142 valence electrons. The summed E-state index contributed by atoms with van der Waals surface area (Å²) < 4.78 is 20.3. The van der Waals surface area contributed by atoms with Crippen LogP contribution in [0.3, 0.4) is 0 Å². The number of aliphatic imine (C=N–C) groups is 1. The van der Waals surface area contributed by atoms with Crippen molar-refractivity contribution in [1.29, 1.82) is 0 Å². The van der Waals surface area contributed by atoms with E-state index in [1.807, 2.05) is 20.8 Å². The number of hydrogen-bond acceptors (Lipinski definition) is 5. The molecule has 1 aromatic rings. The molecular formula is C18H24FN3O3S. The Morgan fingerprint density at radius 2 is 2.23 bits per heavy atom. The van der Waals surface area contributed by atoms with E-state index < -0.39 is 17.2 Å². The minimum atomic E-state index is -1.07. The van der Waals surface area contributed by atoms with Crippen molar-refractivity contribution in [3.63, 3.8) is 0 Å².